The molecule has 0 spiro atoms. The smallest absolute Gasteiger partial charge is 0.244 e. The van der Waals surface area contributed by atoms with E-state index in [9.17, 15) is 4.79 Å². The second-order valence-corrected chi connectivity index (χ2v) is 4.42. The molecule has 2 N–H and O–H groups in total. The quantitative estimate of drug-likeness (QED) is 0.839. The van der Waals surface area contributed by atoms with Crippen molar-refractivity contribution in [3.05, 3.63) is 35.9 Å². The minimum atomic E-state index is -0.521. The summed E-state index contributed by atoms with van der Waals surface area (Å²) in [4.78, 5) is 13.9. The van der Waals surface area contributed by atoms with Crippen LogP contribution in [0.4, 0.5) is 0 Å². The highest BCUT2D eigenvalue weighted by molar-refractivity contribution is 5.83. The van der Waals surface area contributed by atoms with Gasteiger partial charge < -0.3 is 10.6 Å². The second-order valence-electron chi connectivity index (χ2n) is 4.42. The number of benzene rings is 1. The molecule has 1 unspecified atom stereocenters. The number of likely N-dealkylation sites (N-methyl/N-ethyl adjacent to an activating group) is 1. The molecule has 0 aliphatic heterocycles. The van der Waals surface area contributed by atoms with Gasteiger partial charge in [0.05, 0.1) is 0 Å². The van der Waals surface area contributed by atoms with E-state index in [1.165, 1.54) is 6.42 Å². The molecule has 1 aliphatic carbocycles. The van der Waals surface area contributed by atoms with Gasteiger partial charge in [-0.3, -0.25) is 4.79 Å². The summed E-state index contributed by atoms with van der Waals surface area (Å²) in [5.41, 5.74) is 6.85. The molecule has 1 atom stereocenters. The van der Waals surface area contributed by atoms with Crippen LogP contribution in [0.1, 0.15) is 30.9 Å². The summed E-state index contributed by atoms with van der Waals surface area (Å²) in [6.45, 7) is 0. The highest BCUT2D eigenvalue weighted by atomic mass is 16.2. The largest absolute Gasteiger partial charge is 0.341 e. The van der Waals surface area contributed by atoms with E-state index in [-0.39, 0.29) is 5.91 Å². The lowest BCUT2D eigenvalue weighted by atomic mass is 9.91. The summed E-state index contributed by atoms with van der Waals surface area (Å²) in [6.07, 6.45) is 3.45. The Bertz CT molecular complexity index is 359. The number of carbonyl (C=O) groups excluding carboxylic acids is 1. The Balaban J connectivity index is 2.04. The van der Waals surface area contributed by atoms with Crippen molar-refractivity contribution in [2.24, 2.45) is 5.73 Å². The van der Waals surface area contributed by atoms with Gasteiger partial charge >= 0.3 is 0 Å². The molecular formula is C13H18N2O. The zero-order valence-electron chi connectivity index (χ0n) is 9.60. The lowest BCUT2D eigenvalue weighted by Crippen LogP contribution is -2.45. The number of carbonyl (C=O) groups is 1. The molecule has 0 heterocycles. The fourth-order valence-corrected chi connectivity index (χ4v) is 1.98. The standard InChI is InChI=1S/C13H18N2O/c1-15(11-8-5-9-11)13(16)12(14)10-6-3-2-4-7-10/h2-4,6-7,11-12H,5,8-9,14H2,1H3. The number of nitrogens with zero attached hydrogens (tertiary/aromatic N) is 1. The summed E-state index contributed by atoms with van der Waals surface area (Å²) >= 11 is 0. The van der Waals surface area contributed by atoms with Crippen molar-refractivity contribution in [3.8, 4) is 0 Å². The van der Waals surface area contributed by atoms with E-state index in [1.54, 1.807) is 4.90 Å². The first-order chi connectivity index (χ1) is 7.70. The fraction of sp³-hybridized carbons (Fsp3) is 0.462. The fourth-order valence-electron chi connectivity index (χ4n) is 1.98. The normalized spacial score (nSPS) is 17.6. The third-order valence-corrected chi connectivity index (χ3v) is 3.39. The zero-order valence-corrected chi connectivity index (χ0v) is 9.60. The monoisotopic (exact) mass is 218 g/mol. The molecule has 1 saturated carbocycles. The van der Waals surface area contributed by atoms with Gasteiger partial charge in [0.2, 0.25) is 5.91 Å². The topological polar surface area (TPSA) is 46.3 Å². The van der Waals surface area contributed by atoms with E-state index in [0.29, 0.717) is 6.04 Å². The Labute approximate surface area is 96.2 Å². The van der Waals surface area contributed by atoms with Crippen LogP contribution in [0.15, 0.2) is 30.3 Å². The van der Waals surface area contributed by atoms with Crippen molar-refractivity contribution >= 4 is 5.91 Å². The van der Waals surface area contributed by atoms with Crippen LogP contribution in [0, 0.1) is 0 Å². The molecule has 3 heteroatoms. The lowest BCUT2D eigenvalue weighted by Gasteiger charge is -2.36. The van der Waals surface area contributed by atoms with Gasteiger partial charge in [-0.15, -0.1) is 0 Å². The molecule has 16 heavy (non-hydrogen) atoms. The molecule has 0 bridgehead atoms. The van der Waals surface area contributed by atoms with Crippen LogP contribution < -0.4 is 5.73 Å². The Morgan fingerprint density at radius 2 is 2.00 bits per heavy atom. The third-order valence-electron chi connectivity index (χ3n) is 3.39. The van der Waals surface area contributed by atoms with E-state index < -0.39 is 6.04 Å². The van der Waals surface area contributed by atoms with Crippen LogP contribution in [0.3, 0.4) is 0 Å². The molecule has 1 aromatic rings. The number of nitrogens with two attached hydrogens (primary N) is 1. The Hall–Kier alpha value is -1.35. The molecule has 1 aliphatic rings. The summed E-state index contributed by atoms with van der Waals surface area (Å²) in [7, 11) is 1.86. The van der Waals surface area contributed by atoms with Gasteiger partial charge in [-0.1, -0.05) is 30.3 Å². The number of rotatable bonds is 3. The van der Waals surface area contributed by atoms with Crippen molar-refractivity contribution in [3.63, 3.8) is 0 Å². The maximum atomic E-state index is 12.1. The molecule has 1 fully saturated rings. The molecule has 86 valence electrons. The highest BCUT2D eigenvalue weighted by Crippen LogP contribution is 2.25. The van der Waals surface area contributed by atoms with Gasteiger partial charge in [0.1, 0.15) is 6.04 Å². The molecule has 1 amide bonds. The third kappa shape index (κ3) is 2.09. The molecule has 0 aromatic heterocycles. The molecule has 1 aromatic carbocycles. The molecule has 0 saturated heterocycles. The van der Waals surface area contributed by atoms with Crippen molar-refractivity contribution in [2.45, 2.75) is 31.3 Å². The van der Waals surface area contributed by atoms with E-state index >= 15 is 0 Å². The molecular weight excluding hydrogens is 200 g/mol. The van der Waals surface area contributed by atoms with Crippen molar-refractivity contribution in [2.75, 3.05) is 7.05 Å². The lowest BCUT2D eigenvalue weighted by molar-refractivity contribution is -0.135. The second kappa shape index (κ2) is 4.66. The predicted octanol–water partition coefficient (Wildman–Crippen LogP) is 1.70. The van der Waals surface area contributed by atoms with Crippen molar-refractivity contribution in [1.29, 1.82) is 0 Å². The van der Waals surface area contributed by atoms with Crippen LogP contribution in [-0.4, -0.2) is 23.9 Å². The van der Waals surface area contributed by atoms with Crippen molar-refractivity contribution < 1.29 is 4.79 Å². The molecule has 2 rings (SSSR count). The van der Waals surface area contributed by atoms with Gasteiger partial charge in [-0.05, 0) is 24.8 Å². The average Bonchev–Trinajstić information content (AvgIpc) is 2.26. The molecule has 3 nitrogen and oxygen atoms in total. The van der Waals surface area contributed by atoms with E-state index in [1.807, 2.05) is 37.4 Å². The summed E-state index contributed by atoms with van der Waals surface area (Å²) in [6, 6.07) is 9.43. The zero-order chi connectivity index (χ0) is 11.5. The van der Waals surface area contributed by atoms with Gasteiger partial charge in [0.25, 0.3) is 0 Å². The Morgan fingerprint density at radius 3 is 2.50 bits per heavy atom. The average molecular weight is 218 g/mol. The summed E-state index contributed by atoms with van der Waals surface area (Å²) in [5, 5.41) is 0. The van der Waals surface area contributed by atoms with Gasteiger partial charge in [-0.25, -0.2) is 0 Å². The number of amides is 1. The van der Waals surface area contributed by atoms with E-state index in [0.717, 1.165) is 18.4 Å². The summed E-state index contributed by atoms with van der Waals surface area (Å²) < 4.78 is 0. The maximum Gasteiger partial charge on any atom is 0.244 e. The Kier molecular flexibility index (Phi) is 3.25. The first-order valence-electron chi connectivity index (χ1n) is 5.77. The van der Waals surface area contributed by atoms with E-state index in [2.05, 4.69) is 0 Å². The van der Waals surface area contributed by atoms with Gasteiger partial charge in [0, 0.05) is 13.1 Å². The predicted molar refractivity (Wildman–Crippen MR) is 63.8 cm³/mol. The van der Waals surface area contributed by atoms with E-state index in [4.69, 9.17) is 5.73 Å². The molecule has 0 radical (unpaired) electrons. The first-order valence-corrected chi connectivity index (χ1v) is 5.77. The Morgan fingerprint density at radius 1 is 1.38 bits per heavy atom. The van der Waals surface area contributed by atoms with Crippen LogP contribution >= 0.6 is 0 Å². The van der Waals surface area contributed by atoms with Crippen LogP contribution in [0.5, 0.6) is 0 Å². The first kappa shape index (κ1) is 11.1. The maximum absolute atomic E-state index is 12.1. The van der Waals surface area contributed by atoms with Gasteiger partial charge in [-0.2, -0.15) is 0 Å². The highest BCUT2D eigenvalue weighted by Gasteiger charge is 2.29. The minimum absolute atomic E-state index is 0.0240. The number of hydrogen-bond donors (Lipinski definition) is 1. The van der Waals surface area contributed by atoms with Crippen molar-refractivity contribution in [1.82, 2.24) is 4.90 Å². The minimum Gasteiger partial charge on any atom is -0.341 e. The van der Waals surface area contributed by atoms with Crippen LogP contribution in [0.2, 0.25) is 0 Å². The SMILES string of the molecule is CN(C(=O)C(N)c1ccccc1)C1CCC1. The number of hydrogen-bond acceptors (Lipinski definition) is 2. The summed E-state index contributed by atoms with van der Waals surface area (Å²) in [5.74, 6) is 0.0240. The van der Waals surface area contributed by atoms with Gasteiger partial charge in [0.15, 0.2) is 0 Å². The van der Waals surface area contributed by atoms with Crippen LogP contribution in [0.25, 0.3) is 0 Å². The van der Waals surface area contributed by atoms with Crippen LogP contribution in [-0.2, 0) is 4.79 Å².